The van der Waals surface area contributed by atoms with Crippen LogP contribution in [0.1, 0.15) is 53.7 Å². The van der Waals surface area contributed by atoms with E-state index in [-0.39, 0.29) is 6.04 Å². The van der Waals surface area contributed by atoms with Crippen molar-refractivity contribution in [3.8, 4) is 0 Å². The number of benzene rings is 1. The summed E-state index contributed by atoms with van der Waals surface area (Å²) in [6.45, 7) is 2.04. The van der Waals surface area contributed by atoms with E-state index in [9.17, 15) is 0 Å². The molecular formula is C16H20N2O. The van der Waals surface area contributed by atoms with E-state index < -0.39 is 0 Å². The highest BCUT2D eigenvalue weighted by molar-refractivity contribution is 5.35. The van der Waals surface area contributed by atoms with Crippen molar-refractivity contribution in [1.29, 1.82) is 0 Å². The van der Waals surface area contributed by atoms with Gasteiger partial charge in [-0.2, -0.15) is 0 Å². The minimum absolute atomic E-state index is 0.0740. The van der Waals surface area contributed by atoms with Gasteiger partial charge in [-0.3, -0.25) is 5.84 Å². The first-order valence-corrected chi connectivity index (χ1v) is 6.89. The molecule has 1 aromatic heterocycles. The Morgan fingerprint density at radius 1 is 1.32 bits per heavy atom. The number of furan rings is 1. The molecule has 3 heteroatoms. The van der Waals surface area contributed by atoms with Crippen LogP contribution in [0.25, 0.3) is 0 Å². The molecule has 19 heavy (non-hydrogen) atoms. The second-order valence-electron chi connectivity index (χ2n) is 5.37. The van der Waals surface area contributed by atoms with Crippen LogP contribution in [0.15, 0.2) is 41.0 Å². The van der Waals surface area contributed by atoms with E-state index in [1.54, 1.807) is 6.26 Å². The summed E-state index contributed by atoms with van der Waals surface area (Å²) >= 11 is 0. The fourth-order valence-electron chi connectivity index (χ4n) is 2.74. The topological polar surface area (TPSA) is 51.2 Å². The Morgan fingerprint density at radius 3 is 2.74 bits per heavy atom. The Bertz CT molecular complexity index is 557. The number of aryl methyl sites for hydroxylation is 1. The fraction of sp³-hybridized carbons (Fsp3) is 0.375. The largest absolute Gasteiger partial charge is 0.467 e. The van der Waals surface area contributed by atoms with Crippen LogP contribution in [0.3, 0.4) is 0 Å². The normalized spacial score (nSPS) is 17.2. The molecule has 3 nitrogen and oxygen atoms in total. The summed E-state index contributed by atoms with van der Waals surface area (Å²) in [5.41, 5.74) is 6.59. The van der Waals surface area contributed by atoms with E-state index in [1.165, 1.54) is 30.4 Å². The highest BCUT2D eigenvalue weighted by atomic mass is 16.3. The van der Waals surface area contributed by atoms with Crippen molar-refractivity contribution in [2.24, 2.45) is 5.84 Å². The van der Waals surface area contributed by atoms with Gasteiger partial charge in [0.25, 0.3) is 0 Å². The first kappa shape index (κ1) is 12.5. The van der Waals surface area contributed by atoms with E-state index in [1.807, 2.05) is 13.0 Å². The van der Waals surface area contributed by atoms with Crippen molar-refractivity contribution in [3.63, 3.8) is 0 Å². The molecule has 0 amide bonds. The summed E-state index contributed by atoms with van der Waals surface area (Å²) in [4.78, 5) is 0. The van der Waals surface area contributed by atoms with E-state index >= 15 is 0 Å². The predicted molar refractivity (Wildman–Crippen MR) is 75.6 cm³/mol. The molecule has 0 bridgehead atoms. The maximum absolute atomic E-state index is 5.73. The number of nitrogens with two attached hydrogens (primary N) is 1. The molecule has 0 aliphatic heterocycles. The van der Waals surface area contributed by atoms with Gasteiger partial charge in [0.2, 0.25) is 0 Å². The Morgan fingerprint density at radius 2 is 2.16 bits per heavy atom. The van der Waals surface area contributed by atoms with Crippen molar-refractivity contribution < 1.29 is 4.42 Å². The number of hydrogen-bond donors (Lipinski definition) is 2. The van der Waals surface area contributed by atoms with Gasteiger partial charge in [0.15, 0.2) is 0 Å². The molecule has 0 radical (unpaired) electrons. The van der Waals surface area contributed by atoms with Crippen LogP contribution in [0.5, 0.6) is 0 Å². The average molecular weight is 256 g/mol. The van der Waals surface area contributed by atoms with E-state index in [2.05, 4.69) is 29.7 Å². The predicted octanol–water partition coefficient (Wildman–Crippen LogP) is 3.41. The zero-order valence-electron chi connectivity index (χ0n) is 11.2. The number of rotatable bonds is 4. The van der Waals surface area contributed by atoms with Gasteiger partial charge in [-0.05, 0) is 48.4 Å². The summed E-state index contributed by atoms with van der Waals surface area (Å²) in [5, 5.41) is 0. The van der Waals surface area contributed by atoms with Gasteiger partial charge in [-0.25, -0.2) is 5.43 Å². The SMILES string of the molecule is Cc1ccoc1C(NN)c1cccc(C2CCC2)c1. The van der Waals surface area contributed by atoms with Gasteiger partial charge < -0.3 is 4.42 Å². The van der Waals surface area contributed by atoms with Crippen LogP contribution >= 0.6 is 0 Å². The number of nitrogens with one attached hydrogen (secondary N) is 1. The lowest BCUT2D eigenvalue weighted by atomic mass is 9.79. The highest BCUT2D eigenvalue weighted by Crippen LogP contribution is 2.37. The third kappa shape index (κ3) is 2.31. The minimum Gasteiger partial charge on any atom is -0.467 e. The monoisotopic (exact) mass is 256 g/mol. The lowest BCUT2D eigenvalue weighted by Gasteiger charge is -2.27. The third-order valence-electron chi connectivity index (χ3n) is 4.15. The lowest BCUT2D eigenvalue weighted by Crippen LogP contribution is -2.29. The highest BCUT2D eigenvalue weighted by Gasteiger charge is 2.22. The summed E-state index contributed by atoms with van der Waals surface area (Å²) in [7, 11) is 0. The quantitative estimate of drug-likeness (QED) is 0.651. The van der Waals surface area contributed by atoms with Crippen LogP contribution in [0, 0.1) is 6.92 Å². The molecule has 0 saturated heterocycles. The van der Waals surface area contributed by atoms with Crippen molar-refractivity contribution in [2.45, 2.75) is 38.1 Å². The molecule has 3 N–H and O–H groups in total. The Balaban J connectivity index is 1.93. The van der Waals surface area contributed by atoms with E-state index in [0.29, 0.717) is 0 Å². The Labute approximate surface area is 113 Å². The summed E-state index contributed by atoms with van der Waals surface area (Å²) in [6.07, 6.45) is 5.68. The van der Waals surface area contributed by atoms with Gasteiger partial charge in [0, 0.05) is 0 Å². The molecule has 0 spiro atoms. The maximum Gasteiger partial charge on any atom is 0.129 e. The minimum atomic E-state index is -0.0740. The van der Waals surface area contributed by atoms with Crippen LogP contribution in [-0.2, 0) is 0 Å². The van der Waals surface area contributed by atoms with Crippen LogP contribution in [-0.4, -0.2) is 0 Å². The average Bonchev–Trinajstić information content (AvgIpc) is 2.75. The molecule has 1 aliphatic rings. The van der Waals surface area contributed by atoms with Crippen molar-refractivity contribution in [2.75, 3.05) is 0 Å². The second kappa shape index (κ2) is 5.19. The molecule has 100 valence electrons. The zero-order chi connectivity index (χ0) is 13.2. The molecule has 1 saturated carbocycles. The van der Waals surface area contributed by atoms with Crippen molar-refractivity contribution in [3.05, 3.63) is 59.0 Å². The fourth-order valence-corrected chi connectivity index (χ4v) is 2.74. The first-order valence-electron chi connectivity index (χ1n) is 6.89. The molecule has 1 atom stereocenters. The van der Waals surface area contributed by atoms with Crippen molar-refractivity contribution >= 4 is 0 Å². The first-order chi connectivity index (χ1) is 9.29. The van der Waals surface area contributed by atoms with Crippen LogP contribution in [0.4, 0.5) is 0 Å². The van der Waals surface area contributed by atoms with Crippen molar-refractivity contribution in [1.82, 2.24) is 5.43 Å². The molecule has 2 aromatic rings. The van der Waals surface area contributed by atoms with Crippen LogP contribution in [0.2, 0.25) is 0 Å². The number of hydrogen-bond acceptors (Lipinski definition) is 3. The lowest BCUT2D eigenvalue weighted by molar-refractivity contribution is 0.418. The maximum atomic E-state index is 5.73. The van der Waals surface area contributed by atoms with Gasteiger partial charge in [0.05, 0.1) is 6.26 Å². The molecule has 3 rings (SSSR count). The molecule has 1 heterocycles. The molecular weight excluding hydrogens is 236 g/mol. The zero-order valence-corrected chi connectivity index (χ0v) is 11.2. The molecule has 1 aromatic carbocycles. The van der Waals surface area contributed by atoms with Gasteiger partial charge in [-0.15, -0.1) is 0 Å². The van der Waals surface area contributed by atoms with E-state index in [4.69, 9.17) is 10.3 Å². The molecule has 1 unspecified atom stereocenters. The second-order valence-corrected chi connectivity index (χ2v) is 5.37. The Hall–Kier alpha value is -1.58. The Kier molecular flexibility index (Phi) is 3.40. The number of hydrazine groups is 1. The van der Waals surface area contributed by atoms with E-state index in [0.717, 1.165) is 17.2 Å². The standard InChI is InChI=1S/C16H20N2O/c1-11-8-9-19-16(11)15(18-17)14-7-3-6-13(10-14)12-4-2-5-12/h3,6-10,12,15,18H,2,4-5,17H2,1H3. The summed E-state index contributed by atoms with van der Waals surface area (Å²) in [5.74, 6) is 7.36. The van der Waals surface area contributed by atoms with Gasteiger partial charge in [0.1, 0.15) is 11.8 Å². The molecule has 1 aliphatic carbocycles. The third-order valence-corrected chi connectivity index (χ3v) is 4.15. The van der Waals surface area contributed by atoms with Crippen LogP contribution < -0.4 is 11.3 Å². The molecule has 1 fully saturated rings. The van der Waals surface area contributed by atoms with Gasteiger partial charge >= 0.3 is 0 Å². The smallest absolute Gasteiger partial charge is 0.129 e. The van der Waals surface area contributed by atoms with Gasteiger partial charge in [-0.1, -0.05) is 30.7 Å². The summed E-state index contributed by atoms with van der Waals surface area (Å²) < 4.78 is 5.57. The summed E-state index contributed by atoms with van der Waals surface area (Å²) in [6, 6.07) is 10.6.